The molecule has 2 rings (SSSR count). The van der Waals surface area contributed by atoms with Gasteiger partial charge in [0, 0.05) is 28.6 Å². The summed E-state index contributed by atoms with van der Waals surface area (Å²) in [5.41, 5.74) is 2.11. The average molecular weight is 232 g/mol. The Morgan fingerprint density at radius 3 is 2.00 bits per heavy atom. The summed E-state index contributed by atoms with van der Waals surface area (Å²) in [5.74, 6) is 0.0155. The Balaban J connectivity index is 2.28. The van der Waals surface area contributed by atoms with Gasteiger partial charge >= 0.3 is 0 Å². The number of ketones is 1. The normalized spacial score (nSPS) is 9.81. The van der Waals surface area contributed by atoms with Crippen molar-refractivity contribution in [3.05, 3.63) is 65.7 Å². The summed E-state index contributed by atoms with van der Waals surface area (Å²) in [6, 6.07) is 16.2. The van der Waals surface area contributed by atoms with E-state index in [4.69, 9.17) is 11.8 Å². The van der Waals surface area contributed by atoms with Crippen molar-refractivity contribution in [3.63, 3.8) is 0 Å². The molecule has 0 saturated carbocycles. The van der Waals surface area contributed by atoms with Gasteiger partial charge in [-0.1, -0.05) is 30.3 Å². The number of hydrogen-bond donors (Lipinski definition) is 1. The van der Waals surface area contributed by atoms with Gasteiger partial charge in [-0.25, -0.2) is 0 Å². The van der Waals surface area contributed by atoms with Crippen LogP contribution >= 0.6 is 11.8 Å². The first kappa shape index (κ1) is 10.7. The van der Waals surface area contributed by atoms with Crippen LogP contribution in [0.15, 0.2) is 54.6 Å². The highest BCUT2D eigenvalue weighted by atomic mass is 35.5. The van der Waals surface area contributed by atoms with E-state index in [2.05, 4.69) is 4.84 Å². The number of benzene rings is 2. The fourth-order valence-electron chi connectivity index (χ4n) is 1.44. The van der Waals surface area contributed by atoms with Gasteiger partial charge in [-0.15, -0.1) is 0 Å². The second-order valence-electron chi connectivity index (χ2n) is 3.37. The van der Waals surface area contributed by atoms with Crippen LogP contribution in [0.4, 0.5) is 5.69 Å². The Kier molecular flexibility index (Phi) is 3.22. The standard InChI is InChI=1S/C13H10ClNO/c14-15-12-8-6-11(7-9-12)13(16)10-4-2-1-3-5-10/h1-9,15H. The van der Waals surface area contributed by atoms with Crippen LogP contribution in [0.1, 0.15) is 15.9 Å². The molecule has 1 N–H and O–H groups in total. The van der Waals surface area contributed by atoms with Gasteiger partial charge in [-0.2, -0.15) is 0 Å². The lowest BCUT2D eigenvalue weighted by Crippen LogP contribution is -2.00. The molecule has 2 aromatic carbocycles. The highest BCUT2D eigenvalue weighted by molar-refractivity contribution is 6.24. The van der Waals surface area contributed by atoms with Crippen LogP contribution in [0.25, 0.3) is 0 Å². The quantitative estimate of drug-likeness (QED) is 0.647. The van der Waals surface area contributed by atoms with Crippen molar-refractivity contribution in [2.75, 3.05) is 4.84 Å². The van der Waals surface area contributed by atoms with Crippen LogP contribution in [0.5, 0.6) is 0 Å². The summed E-state index contributed by atoms with van der Waals surface area (Å²) < 4.78 is 0. The third-order valence-electron chi connectivity index (χ3n) is 2.29. The number of carbonyl (C=O) groups excluding carboxylic acids is 1. The molecule has 16 heavy (non-hydrogen) atoms. The zero-order valence-electron chi connectivity index (χ0n) is 8.48. The molecule has 0 amide bonds. The van der Waals surface area contributed by atoms with E-state index >= 15 is 0 Å². The van der Waals surface area contributed by atoms with Gasteiger partial charge in [0.2, 0.25) is 0 Å². The largest absolute Gasteiger partial charge is 0.299 e. The highest BCUT2D eigenvalue weighted by Gasteiger charge is 2.07. The van der Waals surface area contributed by atoms with Gasteiger partial charge in [0.15, 0.2) is 5.78 Å². The van der Waals surface area contributed by atoms with Crippen LogP contribution in [-0.2, 0) is 0 Å². The van der Waals surface area contributed by atoms with Crippen LogP contribution in [-0.4, -0.2) is 5.78 Å². The Morgan fingerprint density at radius 1 is 0.875 bits per heavy atom. The van der Waals surface area contributed by atoms with Gasteiger partial charge in [0.1, 0.15) is 0 Å². The molecule has 0 aliphatic heterocycles. The molecule has 0 aliphatic rings. The molecule has 0 radical (unpaired) electrons. The van der Waals surface area contributed by atoms with Crippen molar-refractivity contribution in [2.45, 2.75) is 0 Å². The number of hydrogen-bond acceptors (Lipinski definition) is 2. The minimum atomic E-state index is 0.0155. The van der Waals surface area contributed by atoms with Crippen LogP contribution in [0, 0.1) is 0 Å². The van der Waals surface area contributed by atoms with E-state index in [0.29, 0.717) is 11.1 Å². The fourth-order valence-corrected chi connectivity index (χ4v) is 1.57. The van der Waals surface area contributed by atoms with Crippen molar-refractivity contribution in [2.24, 2.45) is 0 Å². The first-order valence-corrected chi connectivity index (χ1v) is 5.25. The molecule has 0 unspecified atom stereocenters. The lowest BCUT2D eigenvalue weighted by atomic mass is 10.0. The zero-order chi connectivity index (χ0) is 11.4. The first-order chi connectivity index (χ1) is 7.81. The first-order valence-electron chi connectivity index (χ1n) is 4.88. The van der Waals surface area contributed by atoms with E-state index in [1.807, 2.05) is 18.2 Å². The van der Waals surface area contributed by atoms with E-state index in [9.17, 15) is 4.79 Å². The van der Waals surface area contributed by atoms with Crippen molar-refractivity contribution in [1.29, 1.82) is 0 Å². The lowest BCUT2D eigenvalue weighted by molar-refractivity contribution is 0.103. The molecular formula is C13H10ClNO. The lowest BCUT2D eigenvalue weighted by Gasteiger charge is -2.02. The zero-order valence-corrected chi connectivity index (χ0v) is 9.24. The maximum Gasteiger partial charge on any atom is 0.193 e. The fraction of sp³-hybridized carbons (Fsp3) is 0. The molecule has 80 valence electrons. The maximum atomic E-state index is 12.0. The van der Waals surface area contributed by atoms with Crippen LogP contribution in [0.2, 0.25) is 0 Å². The van der Waals surface area contributed by atoms with E-state index in [0.717, 1.165) is 5.69 Å². The van der Waals surface area contributed by atoms with Crippen molar-refractivity contribution in [3.8, 4) is 0 Å². The molecule has 0 fully saturated rings. The second kappa shape index (κ2) is 4.81. The summed E-state index contributed by atoms with van der Waals surface area (Å²) in [7, 11) is 0. The summed E-state index contributed by atoms with van der Waals surface area (Å²) >= 11 is 5.44. The summed E-state index contributed by atoms with van der Waals surface area (Å²) in [6.07, 6.45) is 0. The van der Waals surface area contributed by atoms with Gasteiger partial charge in [-0.05, 0) is 24.3 Å². The summed E-state index contributed by atoms with van der Waals surface area (Å²) in [5, 5.41) is 0. The predicted molar refractivity (Wildman–Crippen MR) is 65.8 cm³/mol. The van der Waals surface area contributed by atoms with Crippen LogP contribution < -0.4 is 4.84 Å². The van der Waals surface area contributed by atoms with Crippen molar-refractivity contribution in [1.82, 2.24) is 0 Å². The molecule has 0 aromatic heterocycles. The van der Waals surface area contributed by atoms with Gasteiger partial charge < -0.3 is 0 Å². The monoisotopic (exact) mass is 231 g/mol. The minimum absolute atomic E-state index is 0.0155. The molecule has 0 atom stereocenters. The number of carbonyl (C=O) groups is 1. The third-order valence-corrected chi connectivity index (χ3v) is 2.51. The van der Waals surface area contributed by atoms with E-state index < -0.39 is 0 Å². The topological polar surface area (TPSA) is 29.1 Å². The molecule has 0 heterocycles. The molecule has 0 spiro atoms. The Morgan fingerprint density at radius 2 is 1.44 bits per heavy atom. The van der Waals surface area contributed by atoms with Gasteiger partial charge in [-0.3, -0.25) is 9.63 Å². The third kappa shape index (κ3) is 2.23. The van der Waals surface area contributed by atoms with E-state index in [-0.39, 0.29) is 5.78 Å². The van der Waals surface area contributed by atoms with E-state index in [1.165, 1.54) is 0 Å². The molecule has 0 aliphatic carbocycles. The van der Waals surface area contributed by atoms with Gasteiger partial charge in [0.05, 0.1) is 0 Å². The molecular weight excluding hydrogens is 222 g/mol. The number of nitrogens with one attached hydrogen (secondary N) is 1. The number of rotatable bonds is 3. The molecule has 0 bridgehead atoms. The minimum Gasteiger partial charge on any atom is -0.299 e. The Hall–Kier alpha value is -1.80. The van der Waals surface area contributed by atoms with Crippen molar-refractivity contribution >= 4 is 23.2 Å². The van der Waals surface area contributed by atoms with Crippen LogP contribution in [0.3, 0.4) is 0 Å². The highest BCUT2D eigenvalue weighted by Crippen LogP contribution is 2.14. The van der Waals surface area contributed by atoms with Crippen molar-refractivity contribution < 1.29 is 4.79 Å². The molecule has 2 nitrogen and oxygen atoms in total. The summed E-state index contributed by atoms with van der Waals surface area (Å²) in [4.78, 5) is 14.5. The number of anilines is 1. The second-order valence-corrected chi connectivity index (χ2v) is 3.56. The SMILES string of the molecule is O=C(c1ccccc1)c1ccc(NCl)cc1. The number of halogens is 1. The smallest absolute Gasteiger partial charge is 0.193 e. The molecule has 0 saturated heterocycles. The Labute approximate surface area is 99.0 Å². The maximum absolute atomic E-state index is 12.0. The Bertz CT molecular complexity index is 479. The molecule has 3 heteroatoms. The predicted octanol–water partition coefficient (Wildman–Crippen LogP) is 3.48. The van der Waals surface area contributed by atoms with Gasteiger partial charge in [0.25, 0.3) is 0 Å². The molecule has 2 aromatic rings. The summed E-state index contributed by atoms with van der Waals surface area (Å²) in [6.45, 7) is 0. The van der Waals surface area contributed by atoms with E-state index in [1.54, 1.807) is 36.4 Å². The average Bonchev–Trinajstić information content (AvgIpc) is 2.39.